The first-order chi connectivity index (χ1) is 20.1. The molecule has 3 fully saturated rings. The zero-order valence-electron chi connectivity index (χ0n) is 26.2. The molecule has 1 N–H and O–H groups in total. The molecule has 0 aromatic heterocycles. The van der Waals surface area contributed by atoms with Gasteiger partial charge in [-0.1, -0.05) is 102 Å². The Bertz CT molecular complexity index is 1520. The van der Waals surface area contributed by atoms with Gasteiger partial charge in [0.05, 0.1) is 4.90 Å². The second-order valence-corrected chi connectivity index (χ2v) is 17.5. The summed E-state index contributed by atoms with van der Waals surface area (Å²) < 4.78 is 7.35. The molecular formula is C39H48O2S. The van der Waals surface area contributed by atoms with Crippen molar-refractivity contribution in [1.82, 2.24) is 0 Å². The van der Waals surface area contributed by atoms with Gasteiger partial charge < -0.3 is 9.84 Å². The quantitative estimate of drug-likeness (QED) is 0.327. The summed E-state index contributed by atoms with van der Waals surface area (Å²) in [5.41, 5.74) is 5.87. The lowest BCUT2D eigenvalue weighted by molar-refractivity contribution is 0.0132. The van der Waals surface area contributed by atoms with Crippen LogP contribution in [0.5, 0.6) is 11.5 Å². The van der Waals surface area contributed by atoms with E-state index in [1.165, 1.54) is 103 Å². The summed E-state index contributed by atoms with van der Waals surface area (Å²) in [4.78, 5) is 1.10. The highest BCUT2D eigenvalue weighted by Gasteiger charge is 2.55. The maximum atomic E-state index is 11.8. The van der Waals surface area contributed by atoms with Gasteiger partial charge in [-0.3, -0.25) is 0 Å². The summed E-state index contributed by atoms with van der Waals surface area (Å²) >= 11 is 2.03. The molecule has 4 aliphatic carbocycles. The second-order valence-electron chi connectivity index (χ2n) is 16.2. The summed E-state index contributed by atoms with van der Waals surface area (Å²) in [6.07, 6.45) is 16.7. The van der Waals surface area contributed by atoms with Crippen LogP contribution in [0.4, 0.5) is 0 Å². The number of thioether (sulfide) groups is 1. The molecule has 3 aromatic carbocycles. The largest absolute Gasteiger partial charge is 0.507 e. The highest BCUT2D eigenvalue weighted by Crippen LogP contribution is 2.66. The number of hydrogen-bond donors (Lipinski definition) is 1. The minimum absolute atomic E-state index is 0.0780. The van der Waals surface area contributed by atoms with Crippen molar-refractivity contribution in [3.63, 3.8) is 0 Å². The third-order valence-corrected chi connectivity index (χ3v) is 13.4. The summed E-state index contributed by atoms with van der Waals surface area (Å²) in [7, 11) is 0. The Labute approximate surface area is 257 Å². The SMILES string of the molecule is CC1(C)CC(C)(C)CC2(C1)c1ccccc1-c1c2cc(O)c2cc3c(cc12)OC(C1CCCCC1)(C1CCCCC1)S3. The van der Waals surface area contributed by atoms with E-state index in [1.807, 2.05) is 11.8 Å². The molecule has 0 bridgehead atoms. The molecule has 2 nitrogen and oxygen atoms in total. The molecule has 1 spiro atoms. The second kappa shape index (κ2) is 9.43. The van der Waals surface area contributed by atoms with E-state index >= 15 is 0 Å². The molecule has 3 saturated carbocycles. The molecule has 42 heavy (non-hydrogen) atoms. The fraction of sp³-hybridized carbons (Fsp3) is 0.590. The van der Waals surface area contributed by atoms with E-state index in [2.05, 4.69) is 70.2 Å². The lowest BCUT2D eigenvalue weighted by atomic mass is 9.52. The lowest BCUT2D eigenvalue weighted by Crippen LogP contribution is -2.47. The van der Waals surface area contributed by atoms with E-state index in [9.17, 15) is 5.11 Å². The standard InChI is InChI=1S/C39H48O2S/c1-36(2)22-37(3,4)24-38(23-36)30-18-12-11-17-27(30)35-29-19-33-34(20-28(29)32(40)21-31(35)38)42-39(41-33,25-13-7-5-8-14-25)26-15-9-6-10-16-26/h11-12,17-21,25-26,40H,5-10,13-16,22-24H2,1-4H3. The molecule has 0 atom stereocenters. The summed E-state index contributed by atoms with van der Waals surface area (Å²) in [5.74, 6) is 2.74. The average Bonchev–Trinajstić information content (AvgIpc) is 3.46. The van der Waals surface area contributed by atoms with Crippen LogP contribution in [0.1, 0.15) is 122 Å². The molecule has 222 valence electrons. The van der Waals surface area contributed by atoms with Crippen molar-refractivity contribution >= 4 is 22.5 Å². The summed E-state index contributed by atoms with van der Waals surface area (Å²) in [6, 6.07) is 16.0. The number of phenolic OH excluding ortho intramolecular Hbond substituents is 1. The normalized spacial score (nSPS) is 25.6. The molecule has 0 radical (unpaired) electrons. The molecule has 0 unspecified atom stereocenters. The fourth-order valence-corrected chi connectivity index (χ4v) is 12.7. The molecule has 3 heteroatoms. The number of hydrogen-bond acceptors (Lipinski definition) is 3. The highest BCUT2D eigenvalue weighted by molar-refractivity contribution is 8.01. The van der Waals surface area contributed by atoms with Crippen molar-refractivity contribution in [2.24, 2.45) is 22.7 Å². The molecule has 1 heterocycles. The van der Waals surface area contributed by atoms with Gasteiger partial charge in [-0.15, -0.1) is 0 Å². The number of ether oxygens (including phenoxy) is 1. The number of phenols is 1. The van der Waals surface area contributed by atoms with Gasteiger partial charge in [-0.05, 0) is 102 Å². The van der Waals surface area contributed by atoms with Gasteiger partial charge in [0.25, 0.3) is 0 Å². The lowest BCUT2D eigenvalue weighted by Gasteiger charge is -2.51. The minimum Gasteiger partial charge on any atom is -0.507 e. The number of rotatable bonds is 2. The average molecular weight is 581 g/mol. The van der Waals surface area contributed by atoms with Crippen molar-refractivity contribution in [3.05, 3.63) is 53.6 Å². The first-order valence-electron chi connectivity index (χ1n) is 16.9. The summed E-state index contributed by atoms with van der Waals surface area (Å²) in [5, 5.41) is 14.0. The van der Waals surface area contributed by atoms with Crippen LogP contribution >= 0.6 is 11.8 Å². The first kappa shape index (κ1) is 27.4. The number of aromatic hydroxyl groups is 1. The van der Waals surface area contributed by atoms with Gasteiger partial charge in [0.1, 0.15) is 11.5 Å². The van der Waals surface area contributed by atoms with E-state index in [4.69, 9.17) is 4.74 Å². The zero-order valence-corrected chi connectivity index (χ0v) is 27.0. The molecule has 1 aliphatic heterocycles. The van der Waals surface area contributed by atoms with Crippen LogP contribution in [0.25, 0.3) is 21.9 Å². The Morgan fingerprint density at radius 3 is 1.98 bits per heavy atom. The van der Waals surface area contributed by atoms with E-state index in [0.29, 0.717) is 17.6 Å². The van der Waals surface area contributed by atoms with Crippen LogP contribution in [0.2, 0.25) is 0 Å². The number of fused-ring (bicyclic) bond motifs is 8. The Morgan fingerprint density at radius 1 is 0.714 bits per heavy atom. The van der Waals surface area contributed by atoms with Crippen LogP contribution < -0.4 is 4.74 Å². The molecule has 0 amide bonds. The van der Waals surface area contributed by atoms with Gasteiger partial charge in [0.2, 0.25) is 0 Å². The van der Waals surface area contributed by atoms with E-state index in [1.54, 1.807) is 0 Å². The van der Waals surface area contributed by atoms with Crippen molar-refractivity contribution < 1.29 is 9.84 Å². The smallest absolute Gasteiger partial charge is 0.164 e. The molecule has 8 rings (SSSR count). The minimum atomic E-state index is -0.143. The Balaban J connectivity index is 1.31. The predicted molar refractivity (Wildman–Crippen MR) is 176 cm³/mol. The zero-order chi connectivity index (χ0) is 28.9. The Hall–Kier alpha value is -2.13. The fourth-order valence-electron chi connectivity index (χ4n) is 11.0. The van der Waals surface area contributed by atoms with Gasteiger partial charge >= 0.3 is 0 Å². The molecular weight excluding hydrogens is 532 g/mol. The third-order valence-electron chi connectivity index (χ3n) is 11.8. The predicted octanol–water partition coefficient (Wildman–Crippen LogP) is 11.4. The van der Waals surface area contributed by atoms with Gasteiger partial charge in [0.15, 0.2) is 4.93 Å². The van der Waals surface area contributed by atoms with Crippen molar-refractivity contribution in [2.45, 2.75) is 126 Å². The van der Waals surface area contributed by atoms with Gasteiger partial charge in [0, 0.05) is 22.6 Å². The highest BCUT2D eigenvalue weighted by atomic mass is 32.2. The third kappa shape index (κ3) is 4.04. The van der Waals surface area contributed by atoms with Crippen LogP contribution in [-0.4, -0.2) is 10.0 Å². The maximum absolute atomic E-state index is 11.8. The van der Waals surface area contributed by atoms with E-state index in [-0.39, 0.29) is 21.2 Å². The first-order valence-corrected chi connectivity index (χ1v) is 17.7. The van der Waals surface area contributed by atoms with Crippen LogP contribution in [0, 0.1) is 22.7 Å². The topological polar surface area (TPSA) is 29.5 Å². The number of benzene rings is 3. The molecule has 3 aromatic rings. The Kier molecular flexibility index (Phi) is 6.16. The van der Waals surface area contributed by atoms with E-state index in [0.717, 1.165) is 24.0 Å². The Morgan fingerprint density at radius 2 is 1.33 bits per heavy atom. The molecule has 5 aliphatic rings. The van der Waals surface area contributed by atoms with Crippen molar-refractivity contribution in [1.29, 1.82) is 0 Å². The van der Waals surface area contributed by atoms with E-state index < -0.39 is 0 Å². The maximum Gasteiger partial charge on any atom is 0.164 e. The van der Waals surface area contributed by atoms with Crippen molar-refractivity contribution in [2.75, 3.05) is 0 Å². The monoisotopic (exact) mass is 580 g/mol. The van der Waals surface area contributed by atoms with Crippen LogP contribution in [0.3, 0.4) is 0 Å². The van der Waals surface area contributed by atoms with Crippen molar-refractivity contribution in [3.8, 4) is 22.6 Å². The van der Waals surface area contributed by atoms with Gasteiger partial charge in [-0.2, -0.15) is 0 Å². The van der Waals surface area contributed by atoms with Gasteiger partial charge in [-0.25, -0.2) is 0 Å². The molecule has 0 saturated heterocycles. The van der Waals surface area contributed by atoms with Crippen LogP contribution in [-0.2, 0) is 5.41 Å². The summed E-state index contributed by atoms with van der Waals surface area (Å²) in [6.45, 7) is 9.80. The van der Waals surface area contributed by atoms with Crippen LogP contribution in [0.15, 0.2) is 47.4 Å².